The molecule has 0 saturated carbocycles. The Hall–Kier alpha value is -1.71. The van der Waals surface area contributed by atoms with E-state index in [0.29, 0.717) is 6.04 Å². The number of amides is 1. The molecule has 1 aromatic rings. The van der Waals surface area contributed by atoms with Gasteiger partial charge in [-0.1, -0.05) is 18.2 Å². The van der Waals surface area contributed by atoms with E-state index in [0.717, 1.165) is 13.1 Å². The molecule has 1 fully saturated rings. The van der Waals surface area contributed by atoms with E-state index in [-0.39, 0.29) is 6.09 Å². The lowest BCUT2D eigenvalue weighted by molar-refractivity contribution is 0.00852. The molecule has 0 bridgehead atoms. The van der Waals surface area contributed by atoms with Gasteiger partial charge in [-0.05, 0) is 39.3 Å². The van der Waals surface area contributed by atoms with Crippen molar-refractivity contribution in [2.75, 3.05) is 25.0 Å². The maximum absolute atomic E-state index is 11.9. The van der Waals surface area contributed by atoms with Crippen LogP contribution in [0.25, 0.3) is 0 Å². The Morgan fingerprint density at radius 3 is 2.45 bits per heavy atom. The second kappa shape index (κ2) is 5.35. The molecule has 4 nitrogen and oxygen atoms in total. The Kier molecular flexibility index (Phi) is 3.93. The maximum Gasteiger partial charge on any atom is 0.410 e. The number of hydrogen-bond donors (Lipinski definition) is 0. The van der Waals surface area contributed by atoms with Gasteiger partial charge in [0.05, 0.1) is 6.04 Å². The second-order valence-corrected chi connectivity index (χ2v) is 6.44. The van der Waals surface area contributed by atoms with Crippen LogP contribution in [0.1, 0.15) is 26.3 Å². The highest BCUT2D eigenvalue weighted by atomic mass is 16.6. The molecule has 1 heterocycles. The molecule has 0 unspecified atom stereocenters. The fourth-order valence-electron chi connectivity index (χ4n) is 2.33. The fraction of sp³-hybridized carbons (Fsp3) is 0.562. The number of benzene rings is 1. The van der Waals surface area contributed by atoms with E-state index in [1.165, 1.54) is 11.3 Å². The molecule has 0 aromatic heterocycles. The normalized spacial score (nSPS) is 15.8. The van der Waals surface area contributed by atoms with E-state index in [9.17, 15) is 4.79 Å². The molecule has 0 radical (unpaired) electrons. The summed E-state index contributed by atoms with van der Waals surface area (Å²) >= 11 is 0. The summed E-state index contributed by atoms with van der Waals surface area (Å²) in [6, 6.07) is 8.68. The van der Waals surface area contributed by atoms with Crippen molar-refractivity contribution in [3.8, 4) is 0 Å². The summed E-state index contributed by atoms with van der Waals surface area (Å²) in [7, 11) is 2.08. The lowest BCUT2D eigenvalue weighted by Crippen LogP contribution is -2.61. The number of para-hydroxylation sites is 1. The maximum atomic E-state index is 11.9. The molecule has 110 valence electrons. The fourth-order valence-corrected chi connectivity index (χ4v) is 2.33. The van der Waals surface area contributed by atoms with Crippen molar-refractivity contribution in [3.05, 3.63) is 29.8 Å². The van der Waals surface area contributed by atoms with Crippen LogP contribution in [0.4, 0.5) is 10.5 Å². The van der Waals surface area contributed by atoms with Gasteiger partial charge in [-0.3, -0.25) is 0 Å². The third kappa shape index (κ3) is 3.24. The average Bonchev–Trinajstić information content (AvgIpc) is 2.24. The Morgan fingerprint density at radius 1 is 1.30 bits per heavy atom. The first kappa shape index (κ1) is 14.7. The van der Waals surface area contributed by atoms with Crippen LogP contribution in [-0.4, -0.2) is 42.8 Å². The molecule has 0 spiro atoms. The van der Waals surface area contributed by atoms with Crippen molar-refractivity contribution in [2.45, 2.75) is 39.3 Å². The Balaban J connectivity index is 1.90. The highest BCUT2D eigenvalue weighted by molar-refractivity contribution is 5.70. The number of ether oxygens (including phenoxy) is 1. The molecule has 0 atom stereocenters. The molecule has 2 rings (SSSR count). The minimum Gasteiger partial charge on any atom is -0.444 e. The molecule has 1 amide bonds. The predicted octanol–water partition coefficient (Wildman–Crippen LogP) is 3.05. The summed E-state index contributed by atoms with van der Waals surface area (Å²) in [4.78, 5) is 15.9. The van der Waals surface area contributed by atoms with E-state index in [1.54, 1.807) is 4.90 Å². The summed E-state index contributed by atoms with van der Waals surface area (Å²) in [5.41, 5.74) is 2.05. The van der Waals surface area contributed by atoms with Gasteiger partial charge in [0.1, 0.15) is 5.60 Å². The smallest absolute Gasteiger partial charge is 0.410 e. The van der Waals surface area contributed by atoms with Gasteiger partial charge < -0.3 is 14.5 Å². The molecule has 1 saturated heterocycles. The average molecular weight is 276 g/mol. The van der Waals surface area contributed by atoms with Crippen LogP contribution in [0.5, 0.6) is 0 Å². The number of carbonyl (C=O) groups is 1. The van der Waals surface area contributed by atoms with Crippen molar-refractivity contribution in [3.63, 3.8) is 0 Å². The third-order valence-electron chi connectivity index (χ3n) is 3.56. The summed E-state index contributed by atoms with van der Waals surface area (Å²) in [6.07, 6.45) is -0.216. The number of likely N-dealkylation sites (N-methyl/N-ethyl adjacent to an activating group) is 1. The highest BCUT2D eigenvalue weighted by Crippen LogP contribution is 2.25. The molecule has 1 aliphatic rings. The Bertz CT molecular complexity index is 487. The van der Waals surface area contributed by atoms with E-state index in [2.05, 4.69) is 31.0 Å². The quantitative estimate of drug-likeness (QED) is 0.832. The number of hydrogen-bond acceptors (Lipinski definition) is 3. The lowest BCUT2D eigenvalue weighted by atomic mass is 10.1. The first-order chi connectivity index (χ1) is 9.28. The van der Waals surface area contributed by atoms with Gasteiger partial charge in [0.25, 0.3) is 0 Å². The molecule has 1 aliphatic heterocycles. The van der Waals surface area contributed by atoms with Crippen LogP contribution in [0.15, 0.2) is 24.3 Å². The zero-order chi connectivity index (χ0) is 14.9. The van der Waals surface area contributed by atoms with Crippen LogP contribution in [0, 0.1) is 6.92 Å². The molecule has 0 aliphatic carbocycles. The molecular formula is C16H24N2O2. The van der Waals surface area contributed by atoms with Crippen LogP contribution >= 0.6 is 0 Å². The lowest BCUT2D eigenvalue weighted by Gasteiger charge is -2.45. The SMILES string of the molecule is Cc1ccccc1N(C)C1CN(C(=O)OC(C)(C)C)C1. The van der Waals surface area contributed by atoms with Crippen molar-refractivity contribution >= 4 is 11.8 Å². The number of carbonyl (C=O) groups excluding carboxylic acids is 1. The van der Waals surface area contributed by atoms with Gasteiger partial charge in [0, 0.05) is 25.8 Å². The van der Waals surface area contributed by atoms with Crippen molar-refractivity contribution < 1.29 is 9.53 Å². The Morgan fingerprint density at radius 2 is 1.90 bits per heavy atom. The number of likely N-dealkylation sites (tertiary alicyclic amines) is 1. The van der Waals surface area contributed by atoms with Crippen LogP contribution in [-0.2, 0) is 4.74 Å². The van der Waals surface area contributed by atoms with E-state index in [4.69, 9.17) is 4.74 Å². The summed E-state index contributed by atoms with van der Waals surface area (Å²) in [5.74, 6) is 0. The zero-order valence-electron chi connectivity index (χ0n) is 13.0. The summed E-state index contributed by atoms with van der Waals surface area (Å²) in [5, 5.41) is 0. The molecule has 1 aromatic carbocycles. The van der Waals surface area contributed by atoms with Gasteiger partial charge in [0.15, 0.2) is 0 Å². The van der Waals surface area contributed by atoms with Gasteiger partial charge >= 0.3 is 6.09 Å². The standard InChI is InChI=1S/C16H24N2O2/c1-12-8-6-7-9-14(12)17(5)13-10-18(11-13)15(19)20-16(2,3)4/h6-9,13H,10-11H2,1-5H3. The van der Waals surface area contributed by atoms with Crippen molar-refractivity contribution in [1.29, 1.82) is 0 Å². The third-order valence-corrected chi connectivity index (χ3v) is 3.56. The highest BCUT2D eigenvalue weighted by Gasteiger charge is 2.36. The topological polar surface area (TPSA) is 32.8 Å². The van der Waals surface area contributed by atoms with Crippen LogP contribution in [0.2, 0.25) is 0 Å². The predicted molar refractivity (Wildman–Crippen MR) is 81.2 cm³/mol. The number of anilines is 1. The van der Waals surface area contributed by atoms with Gasteiger partial charge in [-0.2, -0.15) is 0 Å². The number of aryl methyl sites for hydroxylation is 1. The monoisotopic (exact) mass is 276 g/mol. The minimum absolute atomic E-state index is 0.216. The van der Waals surface area contributed by atoms with Gasteiger partial charge in [-0.15, -0.1) is 0 Å². The van der Waals surface area contributed by atoms with Crippen LogP contribution in [0.3, 0.4) is 0 Å². The van der Waals surface area contributed by atoms with Gasteiger partial charge in [-0.25, -0.2) is 4.79 Å². The first-order valence-electron chi connectivity index (χ1n) is 7.04. The van der Waals surface area contributed by atoms with E-state index < -0.39 is 5.60 Å². The van der Waals surface area contributed by atoms with Crippen molar-refractivity contribution in [2.24, 2.45) is 0 Å². The van der Waals surface area contributed by atoms with E-state index >= 15 is 0 Å². The number of nitrogens with zero attached hydrogens (tertiary/aromatic N) is 2. The number of rotatable bonds is 2. The first-order valence-corrected chi connectivity index (χ1v) is 7.04. The second-order valence-electron chi connectivity index (χ2n) is 6.44. The molecular weight excluding hydrogens is 252 g/mol. The summed E-state index contributed by atoms with van der Waals surface area (Å²) < 4.78 is 5.37. The summed E-state index contributed by atoms with van der Waals surface area (Å²) in [6.45, 7) is 9.22. The van der Waals surface area contributed by atoms with Crippen LogP contribution < -0.4 is 4.90 Å². The largest absolute Gasteiger partial charge is 0.444 e. The van der Waals surface area contributed by atoms with E-state index in [1.807, 2.05) is 32.9 Å². The molecule has 4 heteroatoms. The molecule has 20 heavy (non-hydrogen) atoms. The minimum atomic E-state index is -0.426. The van der Waals surface area contributed by atoms with Gasteiger partial charge in [0.2, 0.25) is 0 Å². The zero-order valence-corrected chi connectivity index (χ0v) is 13.0. The Labute approximate surface area is 121 Å². The van der Waals surface area contributed by atoms with Crippen molar-refractivity contribution in [1.82, 2.24) is 4.90 Å². The molecule has 0 N–H and O–H groups in total.